The highest BCUT2D eigenvalue weighted by Gasteiger charge is 2.30. The molecule has 3 aromatic rings. The van der Waals surface area contributed by atoms with Gasteiger partial charge in [0.2, 0.25) is 0 Å². The summed E-state index contributed by atoms with van der Waals surface area (Å²) in [6.45, 7) is 2.40. The third-order valence-electron chi connectivity index (χ3n) is 5.04. The summed E-state index contributed by atoms with van der Waals surface area (Å²) in [7, 11) is -3.71. The van der Waals surface area contributed by atoms with Gasteiger partial charge >= 0.3 is 0 Å². The maximum atomic E-state index is 13.2. The second-order valence-corrected chi connectivity index (χ2v) is 8.94. The second-order valence-electron chi connectivity index (χ2n) is 7.07. The molecule has 0 fully saturated rings. The summed E-state index contributed by atoms with van der Waals surface area (Å²) in [5.41, 5.74) is 4.17. The van der Waals surface area contributed by atoms with Crippen LogP contribution in [-0.2, 0) is 22.9 Å². The number of carbonyl (C=O) groups is 1. The van der Waals surface area contributed by atoms with Crippen molar-refractivity contribution in [3.63, 3.8) is 0 Å². The molecule has 0 N–H and O–H groups in total. The number of benzene rings is 3. The third-order valence-corrected chi connectivity index (χ3v) is 6.84. The van der Waals surface area contributed by atoms with Gasteiger partial charge in [0.1, 0.15) is 0 Å². The minimum absolute atomic E-state index is 0.0931. The minimum atomic E-state index is -3.71. The van der Waals surface area contributed by atoms with Gasteiger partial charge in [0.05, 0.1) is 10.6 Å². The number of carbonyl (C=O) groups excluding carboxylic acids is 1. The van der Waals surface area contributed by atoms with E-state index in [-0.39, 0.29) is 17.1 Å². The fourth-order valence-electron chi connectivity index (χ4n) is 3.62. The topological polar surface area (TPSA) is 54.5 Å². The molecule has 0 bridgehead atoms. The Kier molecular flexibility index (Phi) is 4.77. The van der Waals surface area contributed by atoms with Crippen LogP contribution in [0.3, 0.4) is 0 Å². The second kappa shape index (κ2) is 7.24. The van der Waals surface area contributed by atoms with Crippen LogP contribution >= 0.6 is 0 Å². The van der Waals surface area contributed by atoms with E-state index in [9.17, 15) is 13.2 Å². The number of hydrogen-bond acceptors (Lipinski definition) is 3. The summed E-state index contributed by atoms with van der Waals surface area (Å²) in [6, 6.07) is 21.7. The largest absolute Gasteiger partial charge is 0.294 e. The zero-order chi connectivity index (χ0) is 19.7. The Hall–Kier alpha value is -2.92. The molecule has 0 saturated carbocycles. The standard InChI is InChI=1S/C23H21NO3S/c1-17-6-4-7-18(14-17)15-23(25)20-9-5-10-21(16-20)28(26,27)24-13-12-19-8-2-3-11-22(19)24/h2-11,14,16H,12-13,15H2,1H3. The van der Waals surface area contributed by atoms with Crippen LogP contribution in [0.2, 0.25) is 0 Å². The van der Waals surface area contributed by atoms with Crippen molar-refractivity contribution < 1.29 is 13.2 Å². The van der Waals surface area contributed by atoms with Crippen molar-refractivity contribution in [1.82, 2.24) is 0 Å². The summed E-state index contributed by atoms with van der Waals surface area (Å²) >= 11 is 0. The lowest BCUT2D eigenvalue weighted by Crippen LogP contribution is -2.29. The Morgan fingerprint density at radius 3 is 2.57 bits per heavy atom. The van der Waals surface area contributed by atoms with Crippen LogP contribution < -0.4 is 4.31 Å². The fourth-order valence-corrected chi connectivity index (χ4v) is 5.17. The molecule has 0 saturated heterocycles. The molecular weight excluding hydrogens is 370 g/mol. The molecule has 4 rings (SSSR count). The van der Waals surface area contributed by atoms with Crippen molar-refractivity contribution in [3.8, 4) is 0 Å². The lowest BCUT2D eigenvalue weighted by Gasteiger charge is -2.20. The normalized spacial score (nSPS) is 13.4. The van der Waals surface area contributed by atoms with Gasteiger partial charge in [0.15, 0.2) is 5.78 Å². The van der Waals surface area contributed by atoms with Crippen molar-refractivity contribution in [2.45, 2.75) is 24.7 Å². The number of para-hydroxylation sites is 1. The van der Waals surface area contributed by atoms with E-state index in [1.165, 1.54) is 10.4 Å². The van der Waals surface area contributed by atoms with Crippen LogP contribution in [0.4, 0.5) is 5.69 Å². The van der Waals surface area contributed by atoms with Crippen LogP contribution in [0.25, 0.3) is 0 Å². The number of Topliss-reactive ketones (excluding diaryl/α,β-unsaturated/α-hetero) is 1. The van der Waals surface area contributed by atoms with Crippen LogP contribution in [0, 0.1) is 6.92 Å². The maximum Gasteiger partial charge on any atom is 0.264 e. The van der Waals surface area contributed by atoms with Crippen molar-refractivity contribution in [3.05, 3.63) is 95.1 Å². The quantitative estimate of drug-likeness (QED) is 0.614. The molecule has 0 aliphatic carbocycles. The van der Waals surface area contributed by atoms with Crippen LogP contribution in [-0.4, -0.2) is 20.7 Å². The molecule has 3 aromatic carbocycles. The molecule has 0 atom stereocenters. The number of aryl methyl sites for hydroxylation is 1. The number of nitrogens with zero attached hydrogens (tertiary/aromatic N) is 1. The average Bonchev–Trinajstić information content (AvgIpc) is 3.13. The molecule has 0 aromatic heterocycles. The Balaban J connectivity index is 1.62. The molecule has 4 nitrogen and oxygen atoms in total. The van der Waals surface area contributed by atoms with Crippen molar-refractivity contribution in [1.29, 1.82) is 0 Å². The Morgan fingerprint density at radius 2 is 1.75 bits per heavy atom. The number of anilines is 1. The van der Waals surface area contributed by atoms with E-state index in [0.29, 0.717) is 18.5 Å². The van der Waals surface area contributed by atoms with Crippen LogP contribution in [0.1, 0.15) is 27.0 Å². The molecule has 0 radical (unpaired) electrons. The first-order valence-corrected chi connectivity index (χ1v) is 10.7. The summed E-state index contributed by atoms with van der Waals surface area (Å²) in [5.74, 6) is -0.0931. The molecule has 0 spiro atoms. The van der Waals surface area contributed by atoms with Crippen LogP contribution in [0.5, 0.6) is 0 Å². The van der Waals surface area contributed by atoms with Gasteiger partial charge in [0.25, 0.3) is 10.0 Å². The molecule has 1 aliphatic heterocycles. The van der Waals surface area contributed by atoms with Gasteiger partial charge in [-0.3, -0.25) is 9.10 Å². The van der Waals surface area contributed by atoms with E-state index in [2.05, 4.69) is 0 Å². The predicted octanol–water partition coefficient (Wildman–Crippen LogP) is 4.17. The summed E-state index contributed by atoms with van der Waals surface area (Å²) in [6.07, 6.45) is 0.944. The molecule has 0 amide bonds. The smallest absolute Gasteiger partial charge is 0.264 e. The number of fused-ring (bicyclic) bond motifs is 1. The van der Waals surface area contributed by atoms with E-state index in [1.54, 1.807) is 18.2 Å². The van der Waals surface area contributed by atoms with Gasteiger partial charge in [-0.05, 0) is 42.7 Å². The highest BCUT2D eigenvalue weighted by Crippen LogP contribution is 2.32. The van der Waals surface area contributed by atoms with E-state index in [4.69, 9.17) is 0 Å². The van der Waals surface area contributed by atoms with E-state index < -0.39 is 10.0 Å². The number of ketones is 1. The zero-order valence-corrected chi connectivity index (χ0v) is 16.4. The monoisotopic (exact) mass is 391 g/mol. The van der Waals surface area contributed by atoms with Gasteiger partial charge in [-0.15, -0.1) is 0 Å². The first-order valence-electron chi connectivity index (χ1n) is 9.24. The number of hydrogen-bond donors (Lipinski definition) is 0. The first kappa shape index (κ1) is 18.4. The van der Waals surface area contributed by atoms with Gasteiger partial charge in [-0.25, -0.2) is 8.42 Å². The van der Waals surface area contributed by atoms with E-state index in [1.807, 2.05) is 55.5 Å². The van der Waals surface area contributed by atoms with Crippen molar-refractivity contribution in [2.75, 3.05) is 10.8 Å². The number of rotatable bonds is 5. The summed E-state index contributed by atoms with van der Waals surface area (Å²) < 4.78 is 27.8. The molecule has 142 valence electrons. The summed E-state index contributed by atoms with van der Waals surface area (Å²) in [5, 5.41) is 0. The lowest BCUT2D eigenvalue weighted by atomic mass is 10.0. The molecule has 5 heteroatoms. The predicted molar refractivity (Wildman–Crippen MR) is 110 cm³/mol. The highest BCUT2D eigenvalue weighted by atomic mass is 32.2. The van der Waals surface area contributed by atoms with Crippen molar-refractivity contribution in [2.24, 2.45) is 0 Å². The van der Waals surface area contributed by atoms with E-state index in [0.717, 1.165) is 22.4 Å². The number of sulfonamides is 1. The molecule has 1 aliphatic rings. The molecule has 28 heavy (non-hydrogen) atoms. The molecule has 1 heterocycles. The van der Waals surface area contributed by atoms with Gasteiger partial charge in [0, 0.05) is 18.5 Å². The molecule has 0 unspecified atom stereocenters. The van der Waals surface area contributed by atoms with Gasteiger partial charge in [-0.1, -0.05) is 60.2 Å². The SMILES string of the molecule is Cc1cccc(CC(=O)c2cccc(S(=O)(=O)N3CCc4ccccc43)c2)c1. The fraction of sp³-hybridized carbons (Fsp3) is 0.174. The van der Waals surface area contributed by atoms with Gasteiger partial charge < -0.3 is 0 Å². The average molecular weight is 391 g/mol. The summed E-state index contributed by atoms with van der Waals surface area (Å²) in [4.78, 5) is 12.9. The molecular formula is C23H21NO3S. The Labute approximate surface area is 165 Å². The van der Waals surface area contributed by atoms with Crippen molar-refractivity contribution >= 4 is 21.5 Å². The Morgan fingerprint density at radius 1 is 0.964 bits per heavy atom. The van der Waals surface area contributed by atoms with E-state index >= 15 is 0 Å². The zero-order valence-electron chi connectivity index (χ0n) is 15.6. The van der Waals surface area contributed by atoms with Crippen LogP contribution in [0.15, 0.2) is 77.7 Å². The highest BCUT2D eigenvalue weighted by molar-refractivity contribution is 7.92. The maximum absolute atomic E-state index is 13.2. The lowest BCUT2D eigenvalue weighted by molar-refractivity contribution is 0.0993. The third kappa shape index (κ3) is 3.45. The van der Waals surface area contributed by atoms with Gasteiger partial charge in [-0.2, -0.15) is 0 Å². The minimum Gasteiger partial charge on any atom is -0.294 e. The first-order chi connectivity index (χ1) is 13.4. The Bertz CT molecular complexity index is 1150.